The van der Waals surface area contributed by atoms with Crippen LogP contribution in [0.1, 0.15) is 18.5 Å². The zero-order valence-electron chi connectivity index (χ0n) is 11.0. The molecule has 0 saturated heterocycles. The monoisotopic (exact) mass is 247 g/mol. The zero-order chi connectivity index (χ0) is 13.1. The molecule has 3 aromatic rings. The van der Waals surface area contributed by atoms with E-state index in [0.29, 0.717) is 6.04 Å². The second kappa shape index (κ2) is 5.15. The second-order valence-electron chi connectivity index (χ2n) is 4.80. The van der Waals surface area contributed by atoms with Crippen LogP contribution < -0.4 is 5.32 Å². The van der Waals surface area contributed by atoms with Gasteiger partial charge in [-0.15, -0.1) is 0 Å². The topological polar surface area (TPSA) is 12.0 Å². The van der Waals surface area contributed by atoms with Crippen LogP contribution >= 0.6 is 0 Å². The number of fused-ring (bicyclic) bond motifs is 1. The standard InChI is InChI=1S/C18H17N/c1-14(15-8-3-2-4-9-15)19-18-13-7-11-16-10-5-6-12-17(16)18/h2-14,19H,1H3/t14-/m1/s1. The van der Waals surface area contributed by atoms with E-state index < -0.39 is 0 Å². The SMILES string of the molecule is C[C@@H](Nc1cccc2ccccc12)c1ccccc1. The van der Waals surface area contributed by atoms with E-state index in [1.165, 1.54) is 22.0 Å². The van der Waals surface area contributed by atoms with E-state index in [1.807, 2.05) is 6.07 Å². The molecule has 0 unspecified atom stereocenters. The van der Waals surface area contributed by atoms with Crippen LogP contribution in [-0.2, 0) is 0 Å². The van der Waals surface area contributed by atoms with Crippen molar-refractivity contribution in [2.45, 2.75) is 13.0 Å². The first-order chi connectivity index (χ1) is 9.34. The van der Waals surface area contributed by atoms with Gasteiger partial charge in [-0.25, -0.2) is 0 Å². The lowest BCUT2D eigenvalue weighted by atomic mass is 10.1. The van der Waals surface area contributed by atoms with Gasteiger partial charge >= 0.3 is 0 Å². The van der Waals surface area contributed by atoms with E-state index in [9.17, 15) is 0 Å². The van der Waals surface area contributed by atoms with Gasteiger partial charge < -0.3 is 5.32 Å². The molecule has 0 spiro atoms. The van der Waals surface area contributed by atoms with Crippen LogP contribution in [0, 0.1) is 0 Å². The third kappa shape index (κ3) is 2.45. The molecule has 1 heteroatoms. The summed E-state index contributed by atoms with van der Waals surface area (Å²) in [7, 11) is 0. The smallest absolute Gasteiger partial charge is 0.0485 e. The van der Waals surface area contributed by atoms with E-state index in [2.05, 4.69) is 79.0 Å². The van der Waals surface area contributed by atoms with Crippen LogP contribution in [0.15, 0.2) is 72.8 Å². The van der Waals surface area contributed by atoms with Gasteiger partial charge in [0, 0.05) is 17.1 Å². The quantitative estimate of drug-likeness (QED) is 0.685. The molecule has 3 rings (SSSR count). The van der Waals surface area contributed by atoms with E-state index in [0.717, 1.165) is 0 Å². The molecule has 0 amide bonds. The predicted octanol–water partition coefficient (Wildman–Crippen LogP) is 5.01. The first-order valence-corrected chi connectivity index (χ1v) is 6.64. The molecule has 0 radical (unpaired) electrons. The van der Waals surface area contributed by atoms with Crippen molar-refractivity contribution in [2.75, 3.05) is 5.32 Å². The van der Waals surface area contributed by atoms with Gasteiger partial charge in [0.1, 0.15) is 0 Å². The average molecular weight is 247 g/mol. The molecule has 0 fully saturated rings. The van der Waals surface area contributed by atoms with Crippen LogP contribution in [0.2, 0.25) is 0 Å². The summed E-state index contributed by atoms with van der Waals surface area (Å²) in [5.41, 5.74) is 2.49. The van der Waals surface area contributed by atoms with E-state index in [1.54, 1.807) is 0 Å². The summed E-state index contributed by atoms with van der Waals surface area (Å²) in [6.07, 6.45) is 0. The van der Waals surface area contributed by atoms with Crippen LogP contribution in [0.3, 0.4) is 0 Å². The lowest BCUT2D eigenvalue weighted by Crippen LogP contribution is -2.06. The van der Waals surface area contributed by atoms with Crippen LogP contribution in [0.5, 0.6) is 0 Å². The van der Waals surface area contributed by atoms with Gasteiger partial charge in [0.05, 0.1) is 0 Å². The second-order valence-corrected chi connectivity index (χ2v) is 4.80. The van der Waals surface area contributed by atoms with Crippen molar-refractivity contribution in [3.63, 3.8) is 0 Å². The largest absolute Gasteiger partial charge is 0.378 e. The van der Waals surface area contributed by atoms with E-state index in [-0.39, 0.29) is 0 Å². The van der Waals surface area contributed by atoms with Crippen molar-refractivity contribution < 1.29 is 0 Å². The Labute approximate surface area is 113 Å². The third-order valence-electron chi connectivity index (χ3n) is 3.46. The molecule has 3 aromatic carbocycles. The lowest BCUT2D eigenvalue weighted by molar-refractivity contribution is 0.887. The average Bonchev–Trinajstić information content (AvgIpc) is 2.48. The van der Waals surface area contributed by atoms with Gasteiger partial charge in [-0.3, -0.25) is 0 Å². The van der Waals surface area contributed by atoms with Crippen molar-refractivity contribution in [3.8, 4) is 0 Å². The van der Waals surface area contributed by atoms with Crippen LogP contribution in [0.25, 0.3) is 10.8 Å². The molecule has 1 nitrogen and oxygen atoms in total. The fraction of sp³-hybridized carbons (Fsp3) is 0.111. The first kappa shape index (κ1) is 11.8. The molecule has 0 aliphatic rings. The zero-order valence-corrected chi connectivity index (χ0v) is 11.0. The van der Waals surface area contributed by atoms with Gasteiger partial charge in [-0.2, -0.15) is 0 Å². The molecule has 0 saturated carbocycles. The molecule has 0 aromatic heterocycles. The van der Waals surface area contributed by atoms with E-state index >= 15 is 0 Å². The van der Waals surface area contributed by atoms with Crippen molar-refractivity contribution in [3.05, 3.63) is 78.4 Å². The normalized spacial score (nSPS) is 12.3. The third-order valence-corrected chi connectivity index (χ3v) is 3.46. The molecule has 0 bridgehead atoms. The van der Waals surface area contributed by atoms with Crippen LogP contribution in [-0.4, -0.2) is 0 Å². The minimum atomic E-state index is 0.298. The van der Waals surface area contributed by atoms with Crippen LogP contribution in [0.4, 0.5) is 5.69 Å². The number of benzene rings is 3. The van der Waals surface area contributed by atoms with Gasteiger partial charge in [-0.1, -0.05) is 66.7 Å². The lowest BCUT2D eigenvalue weighted by Gasteiger charge is -2.17. The maximum Gasteiger partial charge on any atom is 0.0485 e. The molecular formula is C18H17N. The highest BCUT2D eigenvalue weighted by Gasteiger charge is 2.06. The molecular weight excluding hydrogens is 230 g/mol. The minimum absolute atomic E-state index is 0.298. The van der Waals surface area contributed by atoms with E-state index in [4.69, 9.17) is 0 Å². The highest BCUT2D eigenvalue weighted by molar-refractivity contribution is 5.93. The Morgan fingerprint density at radius 3 is 2.26 bits per heavy atom. The van der Waals surface area contributed by atoms with Crippen molar-refractivity contribution in [2.24, 2.45) is 0 Å². The molecule has 94 valence electrons. The number of nitrogens with one attached hydrogen (secondary N) is 1. The summed E-state index contributed by atoms with van der Waals surface area (Å²) >= 11 is 0. The summed E-state index contributed by atoms with van der Waals surface area (Å²) < 4.78 is 0. The molecule has 0 aliphatic carbocycles. The molecule has 1 N–H and O–H groups in total. The molecule has 1 atom stereocenters. The highest BCUT2D eigenvalue weighted by atomic mass is 14.9. The molecule has 19 heavy (non-hydrogen) atoms. The Morgan fingerprint density at radius 2 is 1.42 bits per heavy atom. The number of anilines is 1. The Balaban J connectivity index is 1.94. The summed E-state index contributed by atoms with van der Waals surface area (Å²) in [6, 6.07) is 25.7. The van der Waals surface area contributed by atoms with Crippen molar-refractivity contribution in [1.29, 1.82) is 0 Å². The maximum atomic E-state index is 3.60. The minimum Gasteiger partial charge on any atom is -0.378 e. The van der Waals surface area contributed by atoms with Gasteiger partial charge in [0.15, 0.2) is 0 Å². The van der Waals surface area contributed by atoms with Gasteiger partial charge in [0.2, 0.25) is 0 Å². The van der Waals surface area contributed by atoms with Gasteiger partial charge in [0.25, 0.3) is 0 Å². The van der Waals surface area contributed by atoms with Crippen molar-refractivity contribution >= 4 is 16.5 Å². The Kier molecular flexibility index (Phi) is 3.20. The highest BCUT2D eigenvalue weighted by Crippen LogP contribution is 2.26. The number of hydrogen-bond donors (Lipinski definition) is 1. The Hall–Kier alpha value is -2.28. The molecule has 0 aliphatic heterocycles. The number of rotatable bonds is 3. The Bertz CT molecular complexity index is 668. The summed E-state index contributed by atoms with van der Waals surface area (Å²) in [6.45, 7) is 2.19. The first-order valence-electron chi connectivity index (χ1n) is 6.64. The fourth-order valence-electron chi connectivity index (χ4n) is 2.41. The summed E-state index contributed by atoms with van der Waals surface area (Å²) in [5.74, 6) is 0. The summed E-state index contributed by atoms with van der Waals surface area (Å²) in [5, 5.41) is 6.14. The number of hydrogen-bond acceptors (Lipinski definition) is 1. The Morgan fingerprint density at radius 1 is 0.737 bits per heavy atom. The molecule has 0 heterocycles. The summed E-state index contributed by atoms with van der Waals surface area (Å²) in [4.78, 5) is 0. The fourth-order valence-corrected chi connectivity index (χ4v) is 2.41. The predicted molar refractivity (Wildman–Crippen MR) is 82.4 cm³/mol. The van der Waals surface area contributed by atoms with Crippen molar-refractivity contribution in [1.82, 2.24) is 0 Å². The maximum absolute atomic E-state index is 3.60. The van der Waals surface area contributed by atoms with Gasteiger partial charge in [-0.05, 0) is 23.9 Å².